The minimum atomic E-state index is -0.643. The number of nitrogens with zero attached hydrogens (tertiary/aromatic N) is 5. The number of aromatic nitrogens is 6. The van der Waals surface area contributed by atoms with Crippen LogP contribution in [0, 0.1) is 5.95 Å². The van der Waals surface area contributed by atoms with Gasteiger partial charge in [-0.05, 0) is 36.2 Å². The topological polar surface area (TPSA) is 72.3 Å². The molecule has 0 amide bonds. The molecule has 0 fully saturated rings. The summed E-state index contributed by atoms with van der Waals surface area (Å²) < 4.78 is 15.6. The molecular weight excluding hydrogens is 355 g/mol. The summed E-state index contributed by atoms with van der Waals surface area (Å²) in [7, 11) is 0. The Morgan fingerprint density at radius 3 is 2.65 bits per heavy atom. The molecule has 0 aliphatic carbocycles. The van der Waals surface area contributed by atoms with Crippen molar-refractivity contribution in [2.24, 2.45) is 0 Å². The molecule has 0 atom stereocenters. The number of rotatable bonds is 5. The highest BCUT2D eigenvalue weighted by molar-refractivity contribution is 6.30. The average molecular weight is 369 g/mol. The van der Waals surface area contributed by atoms with Crippen molar-refractivity contribution in [2.45, 2.75) is 13.0 Å². The third-order valence-electron chi connectivity index (χ3n) is 4.01. The van der Waals surface area contributed by atoms with Crippen LogP contribution in [0.3, 0.4) is 0 Å². The van der Waals surface area contributed by atoms with Crippen LogP contribution in [0.2, 0.25) is 5.02 Å². The van der Waals surface area contributed by atoms with Gasteiger partial charge in [-0.25, -0.2) is 4.98 Å². The number of H-pyrrole nitrogens is 1. The predicted molar refractivity (Wildman–Crippen MR) is 95.9 cm³/mol. The zero-order chi connectivity index (χ0) is 17.9. The van der Waals surface area contributed by atoms with Gasteiger partial charge < -0.3 is 4.57 Å². The van der Waals surface area contributed by atoms with E-state index in [0.29, 0.717) is 17.0 Å². The number of nitrogens with one attached hydrogen (secondary N) is 1. The lowest BCUT2D eigenvalue weighted by molar-refractivity contribution is 0.581. The molecule has 4 aromatic rings. The third kappa shape index (κ3) is 3.48. The van der Waals surface area contributed by atoms with Gasteiger partial charge in [0.15, 0.2) is 0 Å². The number of benzene rings is 1. The van der Waals surface area contributed by atoms with E-state index < -0.39 is 5.95 Å². The van der Waals surface area contributed by atoms with Crippen molar-refractivity contribution >= 4 is 11.6 Å². The molecule has 1 N–H and O–H groups in total. The molecule has 130 valence electrons. The van der Waals surface area contributed by atoms with Crippen molar-refractivity contribution in [3.63, 3.8) is 0 Å². The van der Waals surface area contributed by atoms with Crippen LogP contribution in [0.1, 0.15) is 5.56 Å². The normalized spacial score (nSPS) is 11.0. The van der Waals surface area contributed by atoms with Gasteiger partial charge in [-0.15, -0.1) is 5.10 Å². The van der Waals surface area contributed by atoms with Crippen LogP contribution in [0.15, 0.2) is 55.1 Å². The fraction of sp³-hybridized carbons (Fsp3) is 0.111. The average Bonchev–Trinajstić information content (AvgIpc) is 3.30. The largest absolute Gasteiger partial charge is 0.336 e. The van der Waals surface area contributed by atoms with E-state index in [1.807, 2.05) is 35.0 Å². The molecule has 0 saturated heterocycles. The Morgan fingerprint density at radius 2 is 1.88 bits per heavy atom. The second-order valence-corrected chi connectivity index (χ2v) is 6.20. The first-order chi connectivity index (χ1) is 12.7. The molecule has 1 aromatic carbocycles. The molecule has 0 spiro atoms. The lowest BCUT2D eigenvalue weighted by Crippen LogP contribution is -1.98. The summed E-state index contributed by atoms with van der Waals surface area (Å²) in [4.78, 5) is 8.72. The third-order valence-corrected chi connectivity index (χ3v) is 4.26. The predicted octanol–water partition coefficient (Wildman–Crippen LogP) is 3.77. The lowest BCUT2D eigenvalue weighted by atomic mass is 10.1. The number of aromatic amines is 1. The minimum Gasteiger partial charge on any atom is -0.336 e. The second-order valence-electron chi connectivity index (χ2n) is 5.77. The van der Waals surface area contributed by atoms with Crippen LogP contribution >= 0.6 is 11.6 Å². The van der Waals surface area contributed by atoms with Crippen molar-refractivity contribution < 1.29 is 4.39 Å². The number of aryl methyl sites for hydroxylation is 2. The summed E-state index contributed by atoms with van der Waals surface area (Å²) in [6, 6.07) is 11.2. The van der Waals surface area contributed by atoms with E-state index in [1.54, 1.807) is 24.7 Å². The summed E-state index contributed by atoms with van der Waals surface area (Å²) in [5.74, 6) is -0.643. The van der Waals surface area contributed by atoms with E-state index >= 15 is 0 Å². The molecule has 26 heavy (non-hydrogen) atoms. The summed E-state index contributed by atoms with van der Waals surface area (Å²) >= 11 is 5.90. The van der Waals surface area contributed by atoms with Gasteiger partial charge in [-0.2, -0.15) is 14.7 Å². The first-order valence-electron chi connectivity index (χ1n) is 7.98. The van der Waals surface area contributed by atoms with Gasteiger partial charge in [0.1, 0.15) is 11.4 Å². The van der Waals surface area contributed by atoms with Crippen LogP contribution in [-0.2, 0) is 13.0 Å². The smallest absolute Gasteiger partial charge is 0.260 e. The summed E-state index contributed by atoms with van der Waals surface area (Å²) in [6.45, 7) is 0.784. The van der Waals surface area contributed by atoms with Gasteiger partial charge in [0.05, 0.1) is 12.0 Å². The molecule has 0 saturated carbocycles. The van der Waals surface area contributed by atoms with Gasteiger partial charge in [0.2, 0.25) is 0 Å². The van der Waals surface area contributed by atoms with E-state index in [2.05, 4.69) is 25.4 Å². The maximum absolute atomic E-state index is 13.6. The molecular formula is C18H14ClFN6. The number of hydrogen-bond acceptors (Lipinski definition) is 4. The van der Waals surface area contributed by atoms with Crippen molar-refractivity contribution in [2.75, 3.05) is 0 Å². The zero-order valence-corrected chi connectivity index (χ0v) is 14.4. The van der Waals surface area contributed by atoms with Crippen molar-refractivity contribution in [3.05, 3.63) is 71.7 Å². The molecule has 0 aliphatic rings. The Labute approximate surface area is 153 Å². The van der Waals surface area contributed by atoms with E-state index in [4.69, 9.17) is 11.6 Å². The van der Waals surface area contributed by atoms with Crippen molar-refractivity contribution in [1.82, 2.24) is 29.9 Å². The van der Waals surface area contributed by atoms with E-state index in [1.165, 1.54) is 5.56 Å². The molecule has 0 unspecified atom stereocenters. The Kier molecular flexibility index (Phi) is 4.45. The Balaban J connectivity index is 1.51. The van der Waals surface area contributed by atoms with Crippen LogP contribution in [0.25, 0.3) is 22.6 Å². The number of halogens is 2. The highest BCUT2D eigenvalue weighted by atomic mass is 35.5. The number of hydrogen-bond donors (Lipinski definition) is 1. The lowest BCUT2D eigenvalue weighted by Gasteiger charge is -2.03. The second kappa shape index (κ2) is 7.05. The SMILES string of the molecule is Fc1n[nH]nc1-c1ccnc(-c2cn(CCc3ccc(Cl)cc3)cn2)c1. The fourth-order valence-electron chi connectivity index (χ4n) is 2.64. The van der Waals surface area contributed by atoms with Crippen LogP contribution in [-0.4, -0.2) is 29.9 Å². The Morgan fingerprint density at radius 1 is 1.04 bits per heavy atom. The first-order valence-corrected chi connectivity index (χ1v) is 8.36. The summed E-state index contributed by atoms with van der Waals surface area (Å²) in [5, 5.41) is 10.2. The van der Waals surface area contributed by atoms with Crippen molar-refractivity contribution in [1.29, 1.82) is 0 Å². The van der Waals surface area contributed by atoms with Gasteiger partial charge in [0, 0.05) is 29.5 Å². The van der Waals surface area contributed by atoms with E-state index in [-0.39, 0.29) is 5.69 Å². The maximum atomic E-state index is 13.6. The molecule has 3 aromatic heterocycles. The molecule has 0 aliphatic heterocycles. The van der Waals surface area contributed by atoms with Crippen molar-refractivity contribution in [3.8, 4) is 22.6 Å². The first kappa shape index (κ1) is 16.4. The molecule has 8 heteroatoms. The molecule has 3 heterocycles. The highest BCUT2D eigenvalue weighted by Gasteiger charge is 2.12. The Bertz CT molecular complexity index is 1020. The van der Waals surface area contributed by atoms with Gasteiger partial charge in [-0.3, -0.25) is 4.98 Å². The minimum absolute atomic E-state index is 0.163. The molecule has 0 radical (unpaired) electrons. The summed E-state index contributed by atoms with van der Waals surface area (Å²) in [6.07, 6.45) is 6.15. The summed E-state index contributed by atoms with van der Waals surface area (Å²) in [5.41, 5.74) is 3.32. The molecule has 0 bridgehead atoms. The zero-order valence-electron chi connectivity index (χ0n) is 13.6. The van der Waals surface area contributed by atoms with Gasteiger partial charge in [0.25, 0.3) is 5.95 Å². The Hall–Kier alpha value is -3.06. The van der Waals surface area contributed by atoms with Gasteiger partial charge in [-0.1, -0.05) is 23.7 Å². The maximum Gasteiger partial charge on any atom is 0.260 e. The molecule has 4 rings (SSSR count). The standard InChI is InChI=1S/C18H14ClFN6/c19-14-3-1-12(2-4-14)6-8-26-10-16(22-11-26)15-9-13(5-7-21-15)17-18(20)24-25-23-17/h1-5,7,9-11H,6,8H2,(H,23,24,25). The quantitative estimate of drug-likeness (QED) is 0.582. The fourth-order valence-corrected chi connectivity index (χ4v) is 2.77. The highest BCUT2D eigenvalue weighted by Crippen LogP contribution is 2.23. The van der Waals surface area contributed by atoms with E-state index in [0.717, 1.165) is 18.0 Å². The number of imidazole rings is 1. The van der Waals surface area contributed by atoms with E-state index in [9.17, 15) is 4.39 Å². The van der Waals surface area contributed by atoms with Gasteiger partial charge >= 0.3 is 0 Å². The monoisotopic (exact) mass is 368 g/mol. The van der Waals surface area contributed by atoms with Crippen LogP contribution in [0.4, 0.5) is 4.39 Å². The van der Waals surface area contributed by atoms with Crippen LogP contribution < -0.4 is 0 Å². The number of pyridine rings is 1. The molecule has 6 nitrogen and oxygen atoms in total. The van der Waals surface area contributed by atoms with Crippen LogP contribution in [0.5, 0.6) is 0 Å².